The highest BCUT2D eigenvalue weighted by molar-refractivity contribution is 6.21. The van der Waals surface area contributed by atoms with Crippen molar-refractivity contribution in [3.63, 3.8) is 0 Å². The van der Waals surface area contributed by atoms with Gasteiger partial charge in [-0.2, -0.15) is 0 Å². The molecule has 190 valence electrons. The van der Waals surface area contributed by atoms with Crippen LogP contribution in [0.15, 0.2) is 134 Å². The predicted molar refractivity (Wildman–Crippen MR) is 168 cm³/mol. The van der Waals surface area contributed by atoms with Gasteiger partial charge in [-0.05, 0) is 93.0 Å². The van der Waals surface area contributed by atoms with Gasteiger partial charge in [0.1, 0.15) is 0 Å². The normalized spacial score (nSPS) is 11.2. The molecule has 5 aromatic carbocycles. The number of pyridine rings is 2. The molecule has 2 heterocycles. The van der Waals surface area contributed by atoms with Gasteiger partial charge in [0.15, 0.2) is 0 Å². The third-order valence-corrected chi connectivity index (χ3v) is 7.80. The lowest BCUT2D eigenvalue weighted by atomic mass is 9.85. The Bertz CT molecular complexity index is 1830. The molecule has 0 bridgehead atoms. The van der Waals surface area contributed by atoms with Crippen molar-refractivity contribution in [2.24, 2.45) is 0 Å². The van der Waals surface area contributed by atoms with Crippen LogP contribution in [-0.2, 0) is 0 Å². The van der Waals surface area contributed by atoms with E-state index in [0.29, 0.717) is 0 Å². The first-order chi connectivity index (χ1) is 19.7. The molecule has 0 atom stereocenters. The van der Waals surface area contributed by atoms with E-state index in [1.54, 1.807) is 0 Å². The molecule has 0 aliphatic heterocycles. The minimum Gasteiger partial charge on any atom is -0.256 e. The third-order valence-electron chi connectivity index (χ3n) is 7.80. The molecule has 7 aromatic rings. The fourth-order valence-corrected chi connectivity index (χ4v) is 5.97. The number of rotatable bonds is 4. The number of hydrogen-bond donors (Lipinski definition) is 0. The second-order valence-corrected chi connectivity index (χ2v) is 10.3. The second kappa shape index (κ2) is 9.91. The van der Waals surface area contributed by atoms with E-state index in [4.69, 9.17) is 9.97 Å². The molecule has 2 aromatic heterocycles. The highest BCUT2D eigenvalue weighted by Gasteiger charge is 2.17. The number of nitrogens with zero attached hydrogens (tertiary/aromatic N) is 2. The Hall–Kier alpha value is -5.08. The molecular weight excluding hydrogens is 484 g/mol. The summed E-state index contributed by atoms with van der Waals surface area (Å²) in [6.07, 6.45) is 3.74. The van der Waals surface area contributed by atoms with Gasteiger partial charge in [-0.3, -0.25) is 9.97 Å². The van der Waals surface area contributed by atoms with E-state index < -0.39 is 0 Å². The van der Waals surface area contributed by atoms with Gasteiger partial charge in [0.05, 0.1) is 11.4 Å². The van der Waals surface area contributed by atoms with Crippen molar-refractivity contribution in [3.05, 3.63) is 145 Å². The van der Waals surface area contributed by atoms with Crippen LogP contribution in [0.3, 0.4) is 0 Å². The second-order valence-electron chi connectivity index (χ2n) is 10.3. The van der Waals surface area contributed by atoms with Crippen LogP contribution in [0.1, 0.15) is 11.1 Å². The van der Waals surface area contributed by atoms with E-state index in [9.17, 15) is 0 Å². The zero-order chi connectivity index (χ0) is 27.1. The monoisotopic (exact) mass is 512 g/mol. The molecule has 0 amide bonds. The van der Waals surface area contributed by atoms with Gasteiger partial charge in [0, 0.05) is 23.5 Å². The van der Waals surface area contributed by atoms with Crippen molar-refractivity contribution in [3.8, 4) is 44.8 Å². The van der Waals surface area contributed by atoms with Crippen LogP contribution < -0.4 is 0 Å². The Labute approximate surface area is 234 Å². The quantitative estimate of drug-likeness (QED) is 0.219. The Morgan fingerprint density at radius 2 is 0.750 bits per heavy atom. The maximum absolute atomic E-state index is 4.70. The molecule has 0 unspecified atom stereocenters. The molecule has 2 heteroatoms. The molecule has 40 heavy (non-hydrogen) atoms. The van der Waals surface area contributed by atoms with Crippen molar-refractivity contribution in [2.45, 2.75) is 13.8 Å². The van der Waals surface area contributed by atoms with Crippen LogP contribution in [0.4, 0.5) is 0 Å². The van der Waals surface area contributed by atoms with Gasteiger partial charge in [0.2, 0.25) is 0 Å². The van der Waals surface area contributed by atoms with Crippen LogP contribution in [-0.4, -0.2) is 9.97 Å². The lowest BCUT2D eigenvalue weighted by Crippen LogP contribution is -1.93. The number of hydrogen-bond acceptors (Lipinski definition) is 2. The van der Waals surface area contributed by atoms with Crippen molar-refractivity contribution in [2.75, 3.05) is 0 Å². The first kappa shape index (κ1) is 24.0. The van der Waals surface area contributed by atoms with Crippen LogP contribution in [0.25, 0.3) is 66.3 Å². The molecule has 0 aliphatic rings. The molecule has 0 spiro atoms. The summed E-state index contributed by atoms with van der Waals surface area (Å²) < 4.78 is 0. The number of fused-ring (bicyclic) bond motifs is 2. The average molecular weight is 513 g/mol. The first-order valence-corrected chi connectivity index (χ1v) is 13.7. The maximum Gasteiger partial charge on any atom is 0.0731 e. The lowest BCUT2D eigenvalue weighted by Gasteiger charge is -2.18. The third kappa shape index (κ3) is 4.06. The number of benzene rings is 5. The summed E-state index contributed by atoms with van der Waals surface area (Å²) in [5.41, 5.74) is 11.5. The standard InChI is InChI=1S/C38H28N2/c1-25-11-9-21-39-37(25)29-15-7-13-27(23-29)35-31-17-3-5-19-33(31)36(34-20-6-4-18-32(34)35)28-14-8-16-30(24-28)38-26(2)12-10-22-40-38/h3-24H,1-2H3. The zero-order valence-corrected chi connectivity index (χ0v) is 22.6. The molecule has 2 nitrogen and oxygen atoms in total. The summed E-state index contributed by atoms with van der Waals surface area (Å²) in [7, 11) is 0. The molecule has 0 aliphatic carbocycles. The van der Waals surface area contributed by atoms with E-state index in [2.05, 4.69) is 123 Å². The summed E-state index contributed by atoms with van der Waals surface area (Å²) >= 11 is 0. The fraction of sp³-hybridized carbons (Fsp3) is 0.0526. The number of aromatic nitrogens is 2. The molecule has 0 radical (unpaired) electrons. The Kier molecular flexibility index (Phi) is 5.94. The lowest BCUT2D eigenvalue weighted by molar-refractivity contribution is 1.27. The van der Waals surface area contributed by atoms with Crippen molar-refractivity contribution in [1.82, 2.24) is 9.97 Å². The highest BCUT2D eigenvalue weighted by Crippen LogP contribution is 2.44. The van der Waals surface area contributed by atoms with Gasteiger partial charge >= 0.3 is 0 Å². The van der Waals surface area contributed by atoms with Crippen LogP contribution >= 0.6 is 0 Å². The van der Waals surface area contributed by atoms with E-state index in [0.717, 1.165) is 22.5 Å². The molecule has 0 fully saturated rings. The van der Waals surface area contributed by atoms with E-state index in [1.165, 1.54) is 54.9 Å². The molecule has 0 saturated carbocycles. The van der Waals surface area contributed by atoms with Crippen molar-refractivity contribution < 1.29 is 0 Å². The summed E-state index contributed by atoms with van der Waals surface area (Å²) in [6, 6.07) is 43.4. The van der Waals surface area contributed by atoms with Crippen LogP contribution in [0, 0.1) is 13.8 Å². The van der Waals surface area contributed by atoms with Gasteiger partial charge < -0.3 is 0 Å². The highest BCUT2D eigenvalue weighted by atomic mass is 14.7. The smallest absolute Gasteiger partial charge is 0.0731 e. The minimum atomic E-state index is 1.02. The minimum absolute atomic E-state index is 1.02. The average Bonchev–Trinajstić information content (AvgIpc) is 3.00. The van der Waals surface area contributed by atoms with E-state index in [-0.39, 0.29) is 0 Å². The Balaban J connectivity index is 1.51. The summed E-state index contributed by atoms with van der Waals surface area (Å²) in [5.74, 6) is 0. The van der Waals surface area contributed by atoms with Gasteiger partial charge in [-0.15, -0.1) is 0 Å². The van der Waals surface area contributed by atoms with E-state index in [1.807, 2.05) is 24.5 Å². The van der Waals surface area contributed by atoms with Gasteiger partial charge in [-0.1, -0.05) is 97.1 Å². The SMILES string of the molecule is Cc1cccnc1-c1cccc(-c2c3ccccc3c(-c3cccc(-c4ncccc4C)c3)c3ccccc23)c1. The summed E-state index contributed by atoms with van der Waals surface area (Å²) in [6.45, 7) is 4.24. The molecule has 7 rings (SSSR count). The maximum atomic E-state index is 4.70. The van der Waals surface area contributed by atoms with Crippen LogP contribution in [0.5, 0.6) is 0 Å². The topological polar surface area (TPSA) is 25.8 Å². The Morgan fingerprint density at radius 1 is 0.375 bits per heavy atom. The van der Waals surface area contributed by atoms with Gasteiger partial charge in [-0.25, -0.2) is 0 Å². The summed E-state index contributed by atoms with van der Waals surface area (Å²) in [4.78, 5) is 9.39. The van der Waals surface area contributed by atoms with Gasteiger partial charge in [0.25, 0.3) is 0 Å². The van der Waals surface area contributed by atoms with Crippen LogP contribution in [0.2, 0.25) is 0 Å². The fourth-order valence-electron chi connectivity index (χ4n) is 5.97. The van der Waals surface area contributed by atoms with Crippen molar-refractivity contribution >= 4 is 21.5 Å². The Morgan fingerprint density at radius 3 is 1.12 bits per heavy atom. The first-order valence-electron chi connectivity index (χ1n) is 13.7. The number of aryl methyl sites for hydroxylation is 2. The van der Waals surface area contributed by atoms with Crippen molar-refractivity contribution in [1.29, 1.82) is 0 Å². The molecule has 0 saturated heterocycles. The largest absolute Gasteiger partial charge is 0.256 e. The molecular formula is C38H28N2. The molecule has 0 N–H and O–H groups in total. The zero-order valence-electron chi connectivity index (χ0n) is 22.6. The van der Waals surface area contributed by atoms with E-state index >= 15 is 0 Å². The summed E-state index contributed by atoms with van der Waals surface area (Å²) in [5, 5.41) is 4.96. The predicted octanol–water partition coefficient (Wildman–Crippen LogP) is 10.1.